The SMILES string of the molecule is O=C(c1ccc(N2CCCCC2)c([N+](=O)[O-])c1)N(CCN1CCOCC1)c1nc2c(Cl)cccc2s1. The highest BCUT2D eigenvalue weighted by Gasteiger charge is 2.27. The molecule has 0 spiro atoms. The molecule has 0 N–H and O–H groups in total. The number of morpholine rings is 1. The number of nitrogens with zero attached hydrogens (tertiary/aromatic N) is 5. The maximum Gasteiger partial charge on any atom is 0.293 e. The Kier molecular flexibility index (Phi) is 7.66. The molecule has 2 aliphatic rings. The van der Waals surface area contributed by atoms with E-state index in [-0.39, 0.29) is 17.2 Å². The number of amides is 1. The summed E-state index contributed by atoms with van der Waals surface area (Å²) in [5.74, 6) is -0.313. The van der Waals surface area contributed by atoms with Crippen molar-refractivity contribution < 1.29 is 14.5 Å². The number of rotatable bonds is 7. The Bertz CT molecular complexity index is 1260. The van der Waals surface area contributed by atoms with E-state index in [0.29, 0.717) is 47.7 Å². The van der Waals surface area contributed by atoms with Crippen LogP contribution in [0.4, 0.5) is 16.5 Å². The van der Waals surface area contributed by atoms with E-state index in [4.69, 9.17) is 16.3 Å². The van der Waals surface area contributed by atoms with Gasteiger partial charge in [0, 0.05) is 50.9 Å². The van der Waals surface area contributed by atoms with Gasteiger partial charge >= 0.3 is 0 Å². The van der Waals surface area contributed by atoms with Crippen LogP contribution in [0, 0.1) is 10.1 Å². The summed E-state index contributed by atoms with van der Waals surface area (Å²) in [5, 5.41) is 13.0. The third-order valence-corrected chi connectivity index (χ3v) is 8.04. The summed E-state index contributed by atoms with van der Waals surface area (Å²) in [6.45, 7) is 5.53. The predicted molar refractivity (Wildman–Crippen MR) is 143 cm³/mol. The summed E-state index contributed by atoms with van der Waals surface area (Å²) in [6.07, 6.45) is 3.14. The quantitative estimate of drug-likeness (QED) is 0.320. The van der Waals surface area contributed by atoms with Crippen molar-refractivity contribution in [3.05, 3.63) is 57.1 Å². The number of para-hydroxylation sites is 1. The highest BCUT2D eigenvalue weighted by molar-refractivity contribution is 7.22. The second kappa shape index (κ2) is 11.1. The smallest absolute Gasteiger partial charge is 0.293 e. The van der Waals surface area contributed by atoms with Crippen LogP contribution in [0.2, 0.25) is 5.02 Å². The molecule has 0 radical (unpaired) electrons. The number of thiazole rings is 1. The van der Waals surface area contributed by atoms with Gasteiger partial charge in [-0.15, -0.1) is 0 Å². The molecule has 2 aliphatic heterocycles. The van der Waals surface area contributed by atoms with E-state index in [1.165, 1.54) is 17.4 Å². The topological polar surface area (TPSA) is 92.0 Å². The summed E-state index contributed by atoms with van der Waals surface area (Å²) in [6, 6.07) is 10.4. The average molecular weight is 530 g/mol. The summed E-state index contributed by atoms with van der Waals surface area (Å²) < 4.78 is 6.33. The standard InChI is InChI=1S/C25H28ClN5O4S/c26-19-5-4-6-22-23(19)27-25(36-22)30(12-11-28-13-15-35-16-14-28)24(32)18-7-8-20(21(17-18)31(33)34)29-9-2-1-3-10-29/h4-8,17H,1-3,9-16H2. The van der Waals surface area contributed by atoms with Crippen LogP contribution in [-0.2, 0) is 4.74 Å². The molecule has 3 aromatic rings. The molecule has 5 rings (SSSR count). The van der Waals surface area contributed by atoms with Crippen LogP contribution in [0.5, 0.6) is 0 Å². The van der Waals surface area contributed by atoms with Crippen LogP contribution in [-0.4, -0.2) is 73.2 Å². The monoisotopic (exact) mass is 529 g/mol. The van der Waals surface area contributed by atoms with Gasteiger partial charge in [0.25, 0.3) is 11.6 Å². The van der Waals surface area contributed by atoms with Crippen LogP contribution >= 0.6 is 22.9 Å². The zero-order valence-corrected chi connectivity index (χ0v) is 21.5. The van der Waals surface area contributed by atoms with Crippen molar-refractivity contribution in [2.45, 2.75) is 19.3 Å². The van der Waals surface area contributed by atoms with E-state index in [1.807, 2.05) is 17.0 Å². The van der Waals surface area contributed by atoms with E-state index in [2.05, 4.69) is 9.88 Å². The number of hydrogen-bond acceptors (Lipinski definition) is 8. The number of hydrogen-bond donors (Lipinski definition) is 0. The number of nitro groups is 1. The fourth-order valence-electron chi connectivity index (χ4n) is 4.73. The molecule has 0 saturated carbocycles. The zero-order chi connectivity index (χ0) is 25.1. The lowest BCUT2D eigenvalue weighted by atomic mass is 10.1. The lowest BCUT2D eigenvalue weighted by molar-refractivity contribution is -0.384. The highest BCUT2D eigenvalue weighted by Crippen LogP contribution is 2.35. The van der Waals surface area contributed by atoms with Gasteiger partial charge in [0.1, 0.15) is 11.2 Å². The van der Waals surface area contributed by atoms with E-state index in [1.54, 1.807) is 23.1 Å². The Morgan fingerprint density at radius 3 is 2.64 bits per heavy atom. The number of aromatic nitrogens is 1. The highest BCUT2D eigenvalue weighted by atomic mass is 35.5. The molecule has 1 amide bonds. The molecule has 9 nitrogen and oxygen atoms in total. The maximum atomic E-state index is 13.8. The molecule has 36 heavy (non-hydrogen) atoms. The largest absolute Gasteiger partial charge is 0.379 e. The van der Waals surface area contributed by atoms with Crippen LogP contribution < -0.4 is 9.80 Å². The molecule has 11 heteroatoms. The van der Waals surface area contributed by atoms with E-state index in [9.17, 15) is 14.9 Å². The molecule has 0 unspecified atom stereocenters. The number of ether oxygens (including phenoxy) is 1. The molecule has 1 aromatic heterocycles. The van der Waals surface area contributed by atoms with Crippen molar-refractivity contribution in [2.75, 3.05) is 62.3 Å². The first kappa shape index (κ1) is 24.9. The van der Waals surface area contributed by atoms with Crippen molar-refractivity contribution in [3.63, 3.8) is 0 Å². The van der Waals surface area contributed by atoms with Gasteiger partial charge in [0.15, 0.2) is 5.13 Å². The minimum atomic E-state index is -0.393. The van der Waals surface area contributed by atoms with Gasteiger partial charge in [0.05, 0.1) is 27.9 Å². The molecular formula is C25H28ClN5O4S. The maximum absolute atomic E-state index is 13.8. The zero-order valence-electron chi connectivity index (χ0n) is 19.9. The van der Waals surface area contributed by atoms with E-state index >= 15 is 0 Å². The van der Waals surface area contributed by atoms with Crippen LogP contribution in [0.25, 0.3) is 10.2 Å². The number of carbonyl (C=O) groups is 1. The van der Waals surface area contributed by atoms with Crippen LogP contribution in [0.3, 0.4) is 0 Å². The number of nitro benzene ring substituents is 1. The summed E-state index contributed by atoms with van der Waals surface area (Å²) in [5.41, 5.74) is 1.45. The van der Waals surface area contributed by atoms with Gasteiger partial charge in [-0.2, -0.15) is 0 Å². The molecule has 2 fully saturated rings. The van der Waals surface area contributed by atoms with Crippen molar-refractivity contribution in [2.24, 2.45) is 0 Å². The molecule has 3 heterocycles. The number of anilines is 2. The van der Waals surface area contributed by atoms with Gasteiger partial charge in [-0.3, -0.25) is 24.7 Å². The third-order valence-electron chi connectivity index (χ3n) is 6.69. The normalized spacial score (nSPS) is 16.9. The van der Waals surface area contributed by atoms with Gasteiger partial charge in [-0.25, -0.2) is 4.98 Å². The fraction of sp³-hybridized carbons (Fsp3) is 0.440. The third kappa shape index (κ3) is 5.31. The number of carbonyl (C=O) groups excluding carboxylic acids is 1. The molecule has 0 aliphatic carbocycles. The lowest BCUT2D eigenvalue weighted by Crippen LogP contribution is -2.43. The molecular weight excluding hydrogens is 502 g/mol. The number of piperidine rings is 1. The Hall–Kier alpha value is -2.79. The Morgan fingerprint density at radius 1 is 1.14 bits per heavy atom. The van der Waals surface area contributed by atoms with Crippen molar-refractivity contribution in [1.82, 2.24) is 9.88 Å². The van der Waals surface area contributed by atoms with Gasteiger partial charge in [-0.05, 0) is 43.5 Å². The van der Waals surface area contributed by atoms with Crippen molar-refractivity contribution in [3.8, 4) is 0 Å². The number of halogens is 1. The van der Waals surface area contributed by atoms with E-state index in [0.717, 1.165) is 50.1 Å². The Balaban J connectivity index is 1.47. The second-order valence-electron chi connectivity index (χ2n) is 9.00. The van der Waals surface area contributed by atoms with Crippen LogP contribution in [0.1, 0.15) is 29.6 Å². The molecule has 0 bridgehead atoms. The minimum Gasteiger partial charge on any atom is -0.379 e. The van der Waals surface area contributed by atoms with Gasteiger partial charge < -0.3 is 9.64 Å². The summed E-state index contributed by atoms with van der Waals surface area (Å²) in [7, 11) is 0. The predicted octanol–water partition coefficient (Wildman–Crippen LogP) is 4.83. The van der Waals surface area contributed by atoms with Gasteiger partial charge in [0.2, 0.25) is 0 Å². The Morgan fingerprint density at radius 2 is 1.92 bits per heavy atom. The minimum absolute atomic E-state index is 0.0387. The molecule has 2 aromatic carbocycles. The molecule has 190 valence electrons. The average Bonchev–Trinajstić information content (AvgIpc) is 3.35. The number of fused-ring (bicyclic) bond motifs is 1. The first-order valence-corrected chi connectivity index (χ1v) is 13.4. The van der Waals surface area contributed by atoms with E-state index < -0.39 is 4.92 Å². The second-order valence-corrected chi connectivity index (χ2v) is 10.4. The lowest BCUT2D eigenvalue weighted by Gasteiger charge is -2.30. The summed E-state index contributed by atoms with van der Waals surface area (Å²) in [4.78, 5) is 36.0. The number of benzene rings is 2. The fourth-order valence-corrected chi connectivity index (χ4v) is 6.02. The first-order chi connectivity index (χ1) is 17.5. The van der Waals surface area contributed by atoms with Crippen LogP contribution in [0.15, 0.2) is 36.4 Å². The molecule has 2 saturated heterocycles. The Labute approximate surface area is 218 Å². The summed E-state index contributed by atoms with van der Waals surface area (Å²) >= 11 is 7.75. The van der Waals surface area contributed by atoms with Crippen molar-refractivity contribution >= 4 is 55.6 Å². The van der Waals surface area contributed by atoms with Crippen molar-refractivity contribution in [1.29, 1.82) is 0 Å². The van der Waals surface area contributed by atoms with Gasteiger partial charge in [-0.1, -0.05) is 29.0 Å². The first-order valence-electron chi connectivity index (χ1n) is 12.2. The molecule has 0 atom stereocenters.